The highest BCUT2D eigenvalue weighted by Gasteiger charge is 2.45. The van der Waals surface area contributed by atoms with Crippen molar-refractivity contribution in [1.82, 2.24) is 5.32 Å². The van der Waals surface area contributed by atoms with Gasteiger partial charge in [0.1, 0.15) is 5.82 Å². The van der Waals surface area contributed by atoms with Crippen LogP contribution in [0.25, 0.3) is 0 Å². The molecule has 0 aromatic heterocycles. The Morgan fingerprint density at radius 1 is 1.53 bits per heavy atom. The third-order valence-electron chi connectivity index (χ3n) is 2.93. The number of amides is 1. The summed E-state index contributed by atoms with van der Waals surface area (Å²) in [5, 5.41) is 3.20. The summed E-state index contributed by atoms with van der Waals surface area (Å²) >= 11 is 5.77. The Morgan fingerprint density at radius 3 is 2.88 bits per heavy atom. The topological polar surface area (TPSA) is 55.1 Å². The molecule has 1 fully saturated rings. The number of carbonyl (C=O) groups is 1. The summed E-state index contributed by atoms with van der Waals surface area (Å²) in [6.45, 7) is 0.370. The van der Waals surface area contributed by atoms with E-state index in [1.54, 1.807) is 6.07 Å². The van der Waals surface area contributed by atoms with Gasteiger partial charge in [0.05, 0.1) is 5.54 Å². The molecule has 0 heterocycles. The largest absolute Gasteiger partial charge is 0.354 e. The van der Waals surface area contributed by atoms with Gasteiger partial charge in [0.25, 0.3) is 0 Å². The van der Waals surface area contributed by atoms with Gasteiger partial charge < -0.3 is 11.1 Å². The Hall–Kier alpha value is -1.13. The lowest BCUT2D eigenvalue weighted by atomic mass is 10.1. The van der Waals surface area contributed by atoms with Crippen molar-refractivity contribution in [1.29, 1.82) is 0 Å². The average molecular weight is 257 g/mol. The predicted octanol–water partition coefficient (Wildman–Crippen LogP) is 1.63. The number of benzene rings is 1. The Bertz CT molecular complexity index is 446. The summed E-state index contributed by atoms with van der Waals surface area (Å²) in [4.78, 5) is 11.5. The molecular weight excluding hydrogens is 243 g/mol. The van der Waals surface area contributed by atoms with Crippen LogP contribution in [0.5, 0.6) is 0 Å². The Labute approximate surface area is 104 Å². The van der Waals surface area contributed by atoms with E-state index >= 15 is 0 Å². The lowest BCUT2D eigenvalue weighted by Crippen LogP contribution is -2.43. The van der Waals surface area contributed by atoms with Crippen molar-refractivity contribution < 1.29 is 9.18 Å². The lowest BCUT2D eigenvalue weighted by Gasteiger charge is -2.10. The van der Waals surface area contributed by atoms with Gasteiger partial charge in [-0.2, -0.15) is 0 Å². The second-order valence-electron chi connectivity index (χ2n) is 4.40. The first kappa shape index (κ1) is 12.3. The third kappa shape index (κ3) is 2.96. The van der Waals surface area contributed by atoms with Crippen LogP contribution in [-0.2, 0) is 11.2 Å². The monoisotopic (exact) mass is 256 g/mol. The molecule has 3 N–H and O–H groups in total. The minimum atomic E-state index is -0.674. The van der Waals surface area contributed by atoms with E-state index in [1.165, 1.54) is 12.1 Å². The first-order valence-electron chi connectivity index (χ1n) is 5.52. The minimum Gasteiger partial charge on any atom is -0.354 e. The van der Waals surface area contributed by atoms with Crippen LogP contribution < -0.4 is 11.1 Å². The van der Waals surface area contributed by atoms with Crippen LogP contribution in [0.15, 0.2) is 18.2 Å². The van der Waals surface area contributed by atoms with E-state index < -0.39 is 5.54 Å². The summed E-state index contributed by atoms with van der Waals surface area (Å²) < 4.78 is 13.3. The van der Waals surface area contributed by atoms with Crippen LogP contribution in [0.3, 0.4) is 0 Å². The molecule has 3 nitrogen and oxygen atoms in total. The van der Waals surface area contributed by atoms with Gasteiger partial charge in [-0.05, 0) is 43.0 Å². The smallest absolute Gasteiger partial charge is 0.240 e. The first-order valence-corrected chi connectivity index (χ1v) is 5.90. The summed E-state index contributed by atoms with van der Waals surface area (Å²) in [5.74, 6) is -0.461. The molecule has 17 heavy (non-hydrogen) atoms. The van der Waals surface area contributed by atoms with Crippen LogP contribution in [0.4, 0.5) is 4.39 Å². The van der Waals surface area contributed by atoms with Gasteiger partial charge in [-0.15, -0.1) is 0 Å². The van der Waals surface area contributed by atoms with E-state index in [-0.39, 0.29) is 11.7 Å². The van der Waals surface area contributed by atoms with Gasteiger partial charge in [0.15, 0.2) is 0 Å². The summed E-state index contributed by atoms with van der Waals surface area (Å²) in [7, 11) is 0. The normalized spacial score (nSPS) is 16.6. The average Bonchev–Trinajstić information content (AvgIpc) is 3.03. The number of hydrogen-bond donors (Lipinski definition) is 2. The first-order chi connectivity index (χ1) is 8.01. The highest BCUT2D eigenvalue weighted by Crippen LogP contribution is 2.32. The summed E-state index contributed by atoms with van der Waals surface area (Å²) in [6.07, 6.45) is 1.86. The lowest BCUT2D eigenvalue weighted by molar-refractivity contribution is -0.123. The second-order valence-corrected chi connectivity index (χ2v) is 4.83. The molecule has 0 aliphatic heterocycles. The number of halogens is 2. The molecule has 0 bridgehead atoms. The van der Waals surface area contributed by atoms with E-state index in [9.17, 15) is 9.18 Å². The van der Waals surface area contributed by atoms with Gasteiger partial charge in [-0.25, -0.2) is 4.39 Å². The molecule has 1 saturated carbocycles. The highest BCUT2D eigenvalue weighted by molar-refractivity contribution is 6.30. The number of rotatable bonds is 4. The summed E-state index contributed by atoms with van der Waals surface area (Å²) in [6, 6.07) is 4.39. The fourth-order valence-electron chi connectivity index (χ4n) is 1.58. The number of hydrogen-bond acceptors (Lipinski definition) is 2. The van der Waals surface area contributed by atoms with Gasteiger partial charge >= 0.3 is 0 Å². The van der Waals surface area contributed by atoms with Crippen molar-refractivity contribution in [2.45, 2.75) is 24.8 Å². The second kappa shape index (κ2) is 4.63. The third-order valence-corrected chi connectivity index (χ3v) is 3.16. The number of nitrogens with one attached hydrogen (secondary N) is 1. The van der Waals surface area contributed by atoms with E-state index in [4.69, 9.17) is 17.3 Å². The van der Waals surface area contributed by atoms with E-state index in [2.05, 4.69) is 5.32 Å². The Kier molecular flexibility index (Phi) is 3.35. The molecule has 1 amide bonds. The molecule has 0 spiro atoms. The molecule has 1 aromatic carbocycles. The van der Waals surface area contributed by atoms with Crippen molar-refractivity contribution in [2.75, 3.05) is 6.54 Å². The van der Waals surface area contributed by atoms with Gasteiger partial charge in [0.2, 0.25) is 5.91 Å². The SMILES string of the molecule is NC1(C(=O)NCCc2cc(Cl)ccc2F)CC1. The van der Waals surface area contributed by atoms with Gasteiger partial charge in [-0.3, -0.25) is 4.79 Å². The zero-order chi connectivity index (χ0) is 12.5. The Morgan fingerprint density at radius 2 is 2.24 bits per heavy atom. The van der Waals surface area contributed by atoms with Crippen LogP contribution >= 0.6 is 11.6 Å². The van der Waals surface area contributed by atoms with Crippen molar-refractivity contribution in [2.24, 2.45) is 5.73 Å². The minimum absolute atomic E-state index is 0.153. The van der Waals surface area contributed by atoms with Crippen molar-refractivity contribution in [3.63, 3.8) is 0 Å². The van der Waals surface area contributed by atoms with Crippen molar-refractivity contribution >= 4 is 17.5 Å². The molecule has 1 aliphatic rings. The maximum absolute atomic E-state index is 13.3. The van der Waals surface area contributed by atoms with Crippen LogP contribution in [0, 0.1) is 5.82 Å². The number of carbonyl (C=O) groups excluding carboxylic acids is 1. The zero-order valence-corrected chi connectivity index (χ0v) is 10.1. The molecule has 2 rings (SSSR count). The summed E-state index contributed by atoms with van der Waals surface area (Å²) in [5.41, 5.74) is 5.54. The predicted molar refractivity (Wildman–Crippen MR) is 64.3 cm³/mol. The zero-order valence-electron chi connectivity index (χ0n) is 9.30. The molecule has 0 radical (unpaired) electrons. The highest BCUT2D eigenvalue weighted by atomic mass is 35.5. The molecule has 0 unspecified atom stereocenters. The molecule has 0 atom stereocenters. The molecular formula is C12H14ClFN2O. The van der Waals surface area contributed by atoms with Crippen LogP contribution in [0.1, 0.15) is 18.4 Å². The standard InChI is InChI=1S/C12H14ClFN2O/c13-9-1-2-10(14)8(7-9)3-6-16-11(17)12(15)4-5-12/h1-2,7H,3-6,15H2,(H,16,17). The molecule has 1 aliphatic carbocycles. The molecule has 0 saturated heterocycles. The fraction of sp³-hybridized carbons (Fsp3) is 0.417. The van der Waals surface area contributed by atoms with E-state index in [0.717, 1.165) is 12.8 Å². The van der Waals surface area contributed by atoms with Gasteiger partial charge in [-0.1, -0.05) is 11.6 Å². The molecule has 92 valence electrons. The quantitative estimate of drug-likeness (QED) is 0.860. The maximum atomic E-state index is 13.3. The molecule has 5 heteroatoms. The molecule has 1 aromatic rings. The van der Waals surface area contributed by atoms with Crippen molar-refractivity contribution in [3.8, 4) is 0 Å². The maximum Gasteiger partial charge on any atom is 0.240 e. The van der Waals surface area contributed by atoms with Crippen LogP contribution in [0.2, 0.25) is 5.02 Å². The van der Waals surface area contributed by atoms with E-state index in [0.29, 0.717) is 23.6 Å². The fourth-order valence-corrected chi connectivity index (χ4v) is 1.78. The Balaban J connectivity index is 1.85. The van der Waals surface area contributed by atoms with Crippen molar-refractivity contribution in [3.05, 3.63) is 34.6 Å². The van der Waals surface area contributed by atoms with Gasteiger partial charge in [0, 0.05) is 11.6 Å². The van der Waals surface area contributed by atoms with Crippen LogP contribution in [-0.4, -0.2) is 18.0 Å². The van der Waals surface area contributed by atoms with E-state index in [1.807, 2.05) is 0 Å². The number of nitrogens with two attached hydrogens (primary N) is 1.